The van der Waals surface area contributed by atoms with E-state index in [2.05, 4.69) is 4.72 Å². The Morgan fingerprint density at radius 2 is 1.85 bits per heavy atom. The minimum atomic E-state index is -3.78. The lowest BCUT2D eigenvalue weighted by Crippen LogP contribution is -2.60. The van der Waals surface area contributed by atoms with Crippen molar-refractivity contribution in [2.24, 2.45) is 0 Å². The van der Waals surface area contributed by atoms with Crippen LogP contribution in [0.15, 0.2) is 30.3 Å². The number of hydrogen-bond donors (Lipinski definition) is 4. The third-order valence-corrected chi connectivity index (χ3v) is 4.37. The number of aliphatic hydroxyl groups is 3. The van der Waals surface area contributed by atoms with Gasteiger partial charge in [-0.05, 0) is 5.56 Å². The maximum absolute atomic E-state index is 12.0. The molecule has 8 heteroatoms. The second-order valence-corrected chi connectivity index (χ2v) is 6.42. The van der Waals surface area contributed by atoms with Crippen LogP contribution in [0.3, 0.4) is 0 Å². The van der Waals surface area contributed by atoms with Crippen LogP contribution < -0.4 is 4.72 Å². The molecule has 2 rings (SSSR count). The monoisotopic (exact) mass is 303 g/mol. The molecule has 0 radical (unpaired) electrons. The summed E-state index contributed by atoms with van der Waals surface area (Å²) in [4.78, 5) is 0. The topological polar surface area (TPSA) is 116 Å². The van der Waals surface area contributed by atoms with Crippen molar-refractivity contribution >= 4 is 10.0 Å². The Morgan fingerprint density at radius 3 is 2.50 bits per heavy atom. The third kappa shape index (κ3) is 3.75. The van der Waals surface area contributed by atoms with E-state index in [4.69, 9.17) is 4.74 Å². The molecule has 1 saturated heterocycles. The van der Waals surface area contributed by atoms with Crippen molar-refractivity contribution in [3.8, 4) is 0 Å². The van der Waals surface area contributed by atoms with Crippen molar-refractivity contribution in [3.05, 3.63) is 35.9 Å². The molecular formula is C12H17NO6S. The van der Waals surface area contributed by atoms with E-state index in [1.807, 2.05) is 0 Å². The van der Waals surface area contributed by atoms with E-state index in [0.29, 0.717) is 5.56 Å². The minimum Gasteiger partial charge on any atom is -0.388 e. The van der Waals surface area contributed by atoms with Crippen LogP contribution >= 0.6 is 0 Å². The maximum Gasteiger partial charge on any atom is 0.216 e. The molecule has 0 bridgehead atoms. The minimum absolute atomic E-state index is 0.251. The lowest BCUT2D eigenvalue weighted by atomic mass is 10.0. The predicted molar refractivity (Wildman–Crippen MR) is 70.0 cm³/mol. The van der Waals surface area contributed by atoms with Crippen LogP contribution in [0, 0.1) is 0 Å². The Morgan fingerprint density at radius 1 is 1.20 bits per heavy atom. The highest BCUT2D eigenvalue weighted by atomic mass is 32.2. The van der Waals surface area contributed by atoms with Crippen LogP contribution in [-0.4, -0.2) is 54.9 Å². The van der Waals surface area contributed by atoms with E-state index in [1.54, 1.807) is 30.3 Å². The summed E-state index contributed by atoms with van der Waals surface area (Å²) in [6.07, 6.45) is -4.17. The van der Waals surface area contributed by atoms with Gasteiger partial charge in [0.1, 0.15) is 18.2 Å². The van der Waals surface area contributed by atoms with Gasteiger partial charge in [0.25, 0.3) is 0 Å². The van der Waals surface area contributed by atoms with E-state index in [9.17, 15) is 23.7 Å². The molecule has 0 spiro atoms. The highest BCUT2D eigenvalue weighted by Crippen LogP contribution is 2.16. The van der Waals surface area contributed by atoms with Crippen LogP contribution in [0.4, 0.5) is 0 Å². The standard InChI is InChI=1S/C12H17NO6S/c14-9-6-19-12(16)10(11(9)15)13-20(17,18)7-8-4-2-1-3-5-8/h1-5,9-16H,6-7H2. The second-order valence-electron chi connectivity index (χ2n) is 4.67. The number of nitrogens with one attached hydrogen (secondary N) is 1. The van der Waals surface area contributed by atoms with Crippen LogP contribution in [0.25, 0.3) is 0 Å². The summed E-state index contributed by atoms with van der Waals surface area (Å²) < 4.78 is 30.9. The van der Waals surface area contributed by atoms with Crippen molar-refractivity contribution < 1.29 is 28.5 Å². The number of aliphatic hydroxyl groups excluding tert-OH is 3. The summed E-state index contributed by atoms with van der Waals surface area (Å²) in [6, 6.07) is 7.19. The zero-order valence-corrected chi connectivity index (χ0v) is 11.4. The van der Waals surface area contributed by atoms with E-state index < -0.39 is 34.6 Å². The number of rotatable bonds is 4. The molecule has 1 heterocycles. The average molecular weight is 303 g/mol. The van der Waals surface area contributed by atoms with E-state index in [0.717, 1.165) is 0 Å². The van der Waals surface area contributed by atoms with Crippen LogP contribution in [0.2, 0.25) is 0 Å². The Kier molecular flexibility index (Phi) is 4.74. The molecule has 7 nitrogen and oxygen atoms in total. The number of benzene rings is 1. The quantitative estimate of drug-likeness (QED) is 0.540. The zero-order valence-electron chi connectivity index (χ0n) is 10.6. The Hall–Kier alpha value is -1.03. The van der Waals surface area contributed by atoms with Gasteiger partial charge in [0.2, 0.25) is 10.0 Å². The van der Waals surface area contributed by atoms with Crippen molar-refractivity contribution in [1.82, 2.24) is 4.72 Å². The fourth-order valence-corrected chi connectivity index (χ4v) is 3.36. The molecule has 1 fully saturated rings. The van der Waals surface area contributed by atoms with Gasteiger partial charge in [-0.3, -0.25) is 0 Å². The summed E-state index contributed by atoms with van der Waals surface area (Å²) in [5.41, 5.74) is 0.571. The van der Waals surface area contributed by atoms with Crippen molar-refractivity contribution in [2.45, 2.75) is 30.3 Å². The highest BCUT2D eigenvalue weighted by molar-refractivity contribution is 7.88. The van der Waals surface area contributed by atoms with Gasteiger partial charge < -0.3 is 20.1 Å². The number of ether oxygens (including phenoxy) is 1. The predicted octanol–water partition coefficient (Wildman–Crippen LogP) is -1.46. The van der Waals surface area contributed by atoms with E-state index in [1.165, 1.54) is 0 Å². The number of sulfonamides is 1. The summed E-state index contributed by atoms with van der Waals surface area (Å²) in [5, 5.41) is 28.7. The van der Waals surface area contributed by atoms with Crippen molar-refractivity contribution in [3.63, 3.8) is 0 Å². The lowest BCUT2D eigenvalue weighted by Gasteiger charge is -2.35. The molecule has 1 aromatic carbocycles. The molecule has 0 saturated carbocycles. The van der Waals surface area contributed by atoms with Gasteiger partial charge in [0.05, 0.1) is 12.4 Å². The van der Waals surface area contributed by atoms with Gasteiger partial charge in [0, 0.05) is 0 Å². The Balaban J connectivity index is 2.07. The molecule has 20 heavy (non-hydrogen) atoms. The largest absolute Gasteiger partial charge is 0.388 e. The van der Waals surface area contributed by atoms with Gasteiger partial charge >= 0.3 is 0 Å². The Labute approximate surface area is 116 Å². The molecule has 1 aliphatic heterocycles. The average Bonchev–Trinajstić information content (AvgIpc) is 2.40. The summed E-state index contributed by atoms with van der Waals surface area (Å²) in [7, 11) is -3.78. The second kappa shape index (κ2) is 6.17. The molecule has 1 aliphatic rings. The van der Waals surface area contributed by atoms with Gasteiger partial charge in [-0.25, -0.2) is 13.1 Å². The number of hydrogen-bond acceptors (Lipinski definition) is 6. The fraction of sp³-hybridized carbons (Fsp3) is 0.500. The summed E-state index contributed by atoms with van der Waals surface area (Å²) in [6.45, 7) is -0.251. The Bertz CT molecular complexity index is 534. The fourth-order valence-electron chi connectivity index (χ4n) is 1.98. The van der Waals surface area contributed by atoms with E-state index in [-0.39, 0.29) is 12.4 Å². The van der Waals surface area contributed by atoms with Gasteiger partial charge in [-0.1, -0.05) is 30.3 Å². The van der Waals surface area contributed by atoms with Crippen molar-refractivity contribution in [1.29, 1.82) is 0 Å². The first-order valence-corrected chi connectivity index (χ1v) is 7.74. The normalized spacial score (nSPS) is 31.1. The first kappa shape index (κ1) is 15.4. The molecular weight excluding hydrogens is 286 g/mol. The maximum atomic E-state index is 12.0. The molecule has 4 unspecified atom stereocenters. The molecule has 4 atom stereocenters. The van der Waals surface area contributed by atoms with Gasteiger partial charge in [0.15, 0.2) is 6.29 Å². The van der Waals surface area contributed by atoms with Crippen LogP contribution in [0.5, 0.6) is 0 Å². The molecule has 0 amide bonds. The van der Waals surface area contributed by atoms with Gasteiger partial charge in [-0.15, -0.1) is 0 Å². The summed E-state index contributed by atoms with van der Waals surface area (Å²) >= 11 is 0. The van der Waals surface area contributed by atoms with Gasteiger partial charge in [-0.2, -0.15) is 0 Å². The van der Waals surface area contributed by atoms with E-state index >= 15 is 0 Å². The summed E-state index contributed by atoms with van der Waals surface area (Å²) in [5.74, 6) is -0.292. The molecule has 1 aromatic rings. The van der Waals surface area contributed by atoms with Crippen molar-refractivity contribution in [2.75, 3.05) is 6.61 Å². The third-order valence-electron chi connectivity index (χ3n) is 3.02. The SMILES string of the molecule is O=S(=O)(Cc1ccccc1)NC1C(O)OCC(O)C1O. The first-order chi connectivity index (χ1) is 9.39. The van der Waals surface area contributed by atoms with Crippen LogP contribution in [-0.2, 0) is 20.5 Å². The molecule has 0 aromatic heterocycles. The first-order valence-electron chi connectivity index (χ1n) is 6.09. The van der Waals surface area contributed by atoms with Crippen LogP contribution in [0.1, 0.15) is 5.56 Å². The zero-order chi connectivity index (χ0) is 14.8. The lowest BCUT2D eigenvalue weighted by molar-refractivity contribution is -0.208. The smallest absolute Gasteiger partial charge is 0.216 e. The highest BCUT2D eigenvalue weighted by Gasteiger charge is 2.40. The molecule has 112 valence electrons. The molecule has 4 N–H and O–H groups in total. The molecule has 0 aliphatic carbocycles.